The zero-order valence-electron chi connectivity index (χ0n) is 14.9. The molecule has 6 nitrogen and oxygen atoms in total. The smallest absolute Gasteiger partial charge is 0.277 e. The Labute approximate surface area is 161 Å². The Morgan fingerprint density at radius 2 is 2.04 bits per heavy atom. The van der Waals surface area contributed by atoms with E-state index in [1.165, 1.54) is 12.3 Å². The lowest BCUT2D eigenvalue weighted by Gasteiger charge is -2.11. The van der Waals surface area contributed by atoms with Crippen LogP contribution in [0, 0.1) is 13.8 Å². The van der Waals surface area contributed by atoms with E-state index in [4.69, 9.17) is 9.47 Å². The second-order valence-electron chi connectivity index (χ2n) is 5.63. The predicted octanol–water partition coefficient (Wildman–Crippen LogP) is 3.70. The maximum absolute atomic E-state index is 11.9. The number of carbonyl (C=O) groups is 1. The summed E-state index contributed by atoms with van der Waals surface area (Å²) in [6.07, 6.45) is 1.47. The maximum Gasteiger partial charge on any atom is 0.277 e. The number of benzene rings is 2. The van der Waals surface area contributed by atoms with Crippen molar-refractivity contribution in [2.75, 3.05) is 13.2 Å². The van der Waals surface area contributed by atoms with Crippen molar-refractivity contribution >= 4 is 28.1 Å². The number of halogens is 1. The van der Waals surface area contributed by atoms with E-state index in [1.807, 2.05) is 32.9 Å². The van der Waals surface area contributed by atoms with E-state index in [0.29, 0.717) is 23.7 Å². The molecular formula is C19H21BrN2O4. The summed E-state index contributed by atoms with van der Waals surface area (Å²) in [7, 11) is 0. The Kier molecular flexibility index (Phi) is 7.03. The molecule has 0 atom stereocenters. The molecule has 2 N–H and O–H groups in total. The van der Waals surface area contributed by atoms with Crippen molar-refractivity contribution in [2.24, 2.45) is 5.10 Å². The van der Waals surface area contributed by atoms with E-state index in [0.717, 1.165) is 15.6 Å². The van der Waals surface area contributed by atoms with E-state index in [1.54, 1.807) is 12.1 Å². The van der Waals surface area contributed by atoms with Crippen molar-refractivity contribution in [2.45, 2.75) is 20.8 Å². The van der Waals surface area contributed by atoms with E-state index < -0.39 is 0 Å². The first-order chi connectivity index (χ1) is 12.4. The Balaban J connectivity index is 1.91. The van der Waals surface area contributed by atoms with Crippen LogP contribution in [0.2, 0.25) is 0 Å². The van der Waals surface area contributed by atoms with Gasteiger partial charge in [0.2, 0.25) is 0 Å². The number of hydrogen-bond donors (Lipinski definition) is 2. The minimum atomic E-state index is -0.378. The molecule has 0 fully saturated rings. The number of rotatable bonds is 7. The van der Waals surface area contributed by atoms with Gasteiger partial charge in [-0.1, -0.05) is 6.07 Å². The zero-order valence-corrected chi connectivity index (χ0v) is 16.5. The Hall–Kier alpha value is -2.54. The second kappa shape index (κ2) is 9.24. The van der Waals surface area contributed by atoms with Crippen LogP contribution in [0.4, 0.5) is 0 Å². The van der Waals surface area contributed by atoms with Crippen LogP contribution in [0.25, 0.3) is 0 Å². The summed E-state index contributed by atoms with van der Waals surface area (Å²) in [6.45, 7) is 6.03. The summed E-state index contributed by atoms with van der Waals surface area (Å²) in [4.78, 5) is 11.9. The Morgan fingerprint density at radius 3 is 2.73 bits per heavy atom. The average Bonchev–Trinajstić information content (AvgIpc) is 2.57. The number of phenolic OH excluding ortho intramolecular Hbond substituents is 1. The number of hydrazone groups is 1. The topological polar surface area (TPSA) is 80.2 Å². The van der Waals surface area contributed by atoms with Crippen molar-refractivity contribution in [3.8, 4) is 17.2 Å². The highest BCUT2D eigenvalue weighted by molar-refractivity contribution is 9.10. The van der Waals surface area contributed by atoms with Crippen molar-refractivity contribution < 1.29 is 19.4 Å². The molecule has 0 heterocycles. The van der Waals surface area contributed by atoms with Gasteiger partial charge < -0.3 is 14.6 Å². The van der Waals surface area contributed by atoms with E-state index in [-0.39, 0.29) is 18.3 Å². The number of ether oxygens (including phenoxy) is 2. The lowest BCUT2D eigenvalue weighted by molar-refractivity contribution is -0.123. The fourth-order valence-corrected chi connectivity index (χ4v) is 3.10. The second-order valence-corrected chi connectivity index (χ2v) is 6.49. The van der Waals surface area contributed by atoms with Crippen LogP contribution in [-0.2, 0) is 4.79 Å². The number of nitrogens with one attached hydrogen (secondary N) is 1. The van der Waals surface area contributed by atoms with Gasteiger partial charge >= 0.3 is 0 Å². The Morgan fingerprint density at radius 1 is 1.27 bits per heavy atom. The summed E-state index contributed by atoms with van der Waals surface area (Å²) in [5.74, 6) is 0.679. The summed E-state index contributed by atoms with van der Waals surface area (Å²) < 4.78 is 11.7. The standard InChI is InChI=1S/C19H21BrN2O4/c1-4-25-17-9-14(5-6-16(17)23)10-21-22-18(24)11-26-19-13(3)7-12(2)8-15(19)20/h5-10,23H,4,11H2,1-3H3,(H,22,24)/b21-10-. The highest BCUT2D eigenvalue weighted by Gasteiger charge is 2.09. The summed E-state index contributed by atoms with van der Waals surface area (Å²) >= 11 is 3.44. The molecule has 0 saturated carbocycles. The molecule has 0 spiro atoms. The predicted molar refractivity (Wildman–Crippen MR) is 104 cm³/mol. The molecule has 0 aliphatic rings. The van der Waals surface area contributed by atoms with Gasteiger partial charge in [0.25, 0.3) is 5.91 Å². The highest BCUT2D eigenvalue weighted by Crippen LogP contribution is 2.30. The number of amides is 1. The molecule has 26 heavy (non-hydrogen) atoms. The highest BCUT2D eigenvalue weighted by atomic mass is 79.9. The SMILES string of the molecule is CCOc1cc(/C=N\NC(=O)COc2c(C)cc(C)cc2Br)ccc1O. The van der Waals surface area contributed by atoms with Crippen LogP contribution in [0.15, 0.2) is 39.9 Å². The molecule has 7 heteroatoms. The third-order valence-corrected chi connectivity index (χ3v) is 4.00. The number of aryl methyl sites for hydroxylation is 2. The average molecular weight is 421 g/mol. The fourth-order valence-electron chi connectivity index (χ4n) is 2.32. The fraction of sp³-hybridized carbons (Fsp3) is 0.263. The number of phenols is 1. The van der Waals surface area contributed by atoms with Gasteiger partial charge in [-0.2, -0.15) is 5.10 Å². The molecule has 0 aliphatic heterocycles. The van der Waals surface area contributed by atoms with E-state index in [2.05, 4.69) is 26.5 Å². The summed E-state index contributed by atoms with van der Waals surface area (Å²) in [6, 6.07) is 8.72. The molecular weight excluding hydrogens is 400 g/mol. The molecule has 138 valence electrons. The van der Waals surface area contributed by atoms with Crippen LogP contribution in [0.1, 0.15) is 23.6 Å². The van der Waals surface area contributed by atoms with Gasteiger partial charge in [0.15, 0.2) is 18.1 Å². The van der Waals surface area contributed by atoms with Crippen LogP contribution in [0.5, 0.6) is 17.2 Å². The largest absolute Gasteiger partial charge is 0.504 e. The van der Waals surface area contributed by atoms with Gasteiger partial charge in [0, 0.05) is 0 Å². The molecule has 0 saturated heterocycles. The summed E-state index contributed by atoms with van der Waals surface area (Å²) in [5.41, 5.74) is 5.14. The van der Waals surface area contributed by atoms with Crippen LogP contribution in [-0.4, -0.2) is 30.4 Å². The number of hydrogen-bond acceptors (Lipinski definition) is 5. The first-order valence-corrected chi connectivity index (χ1v) is 8.87. The first kappa shape index (κ1) is 19.8. The lowest BCUT2D eigenvalue weighted by atomic mass is 10.1. The monoisotopic (exact) mass is 420 g/mol. The quantitative estimate of drug-likeness (QED) is 0.528. The minimum absolute atomic E-state index is 0.0560. The summed E-state index contributed by atoms with van der Waals surface area (Å²) in [5, 5.41) is 13.6. The minimum Gasteiger partial charge on any atom is -0.504 e. The van der Waals surface area contributed by atoms with Crippen molar-refractivity contribution in [1.82, 2.24) is 5.43 Å². The van der Waals surface area contributed by atoms with Gasteiger partial charge in [-0.25, -0.2) is 5.43 Å². The molecule has 0 radical (unpaired) electrons. The van der Waals surface area contributed by atoms with Crippen LogP contribution < -0.4 is 14.9 Å². The molecule has 0 aliphatic carbocycles. The number of nitrogens with zero attached hydrogens (tertiary/aromatic N) is 1. The molecule has 1 amide bonds. The van der Waals surface area contributed by atoms with E-state index in [9.17, 15) is 9.90 Å². The molecule has 2 aromatic rings. The lowest BCUT2D eigenvalue weighted by Crippen LogP contribution is -2.24. The number of aromatic hydroxyl groups is 1. The van der Waals surface area contributed by atoms with Gasteiger partial charge in [0.1, 0.15) is 5.75 Å². The van der Waals surface area contributed by atoms with Gasteiger partial charge in [0.05, 0.1) is 17.3 Å². The normalized spacial score (nSPS) is 10.8. The van der Waals surface area contributed by atoms with Crippen molar-refractivity contribution in [1.29, 1.82) is 0 Å². The van der Waals surface area contributed by atoms with Crippen molar-refractivity contribution in [3.63, 3.8) is 0 Å². The van der Waals surface area contributed by atoms with E-state index >= 15 is 0 Å². The first-order valence-electron chi connectivity index (χ1n) is 8.08. The molecule has 0 aromatic heterocycles. The van der Waals surface area contributed by atoms with Crippen molar-refractivity contribution in [3.05, 3.63) is 51.5 Å². The van der Waals surface area contributed by atoms with Gasteiger partial charge in [-0.15, -0.1) is 0 Å². The zero-order chi connectivity index (χ0) is 19.1. The molecule has 2 rings (SSSR count). The number of carbonyl (C=O) groups excluding carboxylic acids is 1. The van der Waals surface area contributed by atoms with Crippen LogP contribution in [0.3, 0.4) is 0 Å². The molecule has 2 aromatic carbocycles. The van der Waals surface area contributed by atoms with Crippen LogP contribution >= 0.6 is 15.9 Å². The third-order valence-electron chi connectivity index (χ3n) is 3.41. The Bertz CT molecular complexity index is 798. The molecule has 0 unspecified atom stereocenters. The van der Waals surface area contributed by atoms with Gasteiger partial charge in [-0.3, -0.25) is 4.79 Å². The maximum atomic E-state index is 11.9. The third kappa shape index (κ3) is 5.49. The molecule has 0 bridgehead atoms. The van der Waals surface area contributed by atoms with Gasteiger partial charge in [-0.05, 0) is 77.7 Å².